The molecular weight excluding hydrogens is 352 g/mol. The van der Waals surface area contributed by atoms with Crippen LogP contribution in [0.1, 0.15) is 16.7 Å². The van der Waals surface area contributed by atoms with Gasteiger partial charge < -0.3 is 24.8 Å². The van der Waals surface area contributed by atoms with E-state index in [1.54, 1.807) is 25.1 Å². The summed E-state index contributed by atoms with van der Waals surface area (Å²) in [6, 6.07) is 9.23. The monoisotopic (exact) mass is 370 g/mol. The van der Waals surface area contributed by atoms with Crippen LogP contribution in [0.2, 0.25) is 0 Å². The van der Waals surface area contributed by atoms with Gasteiger partial charge in [-0.25, -0.2) is 9.59 Å². The van der Waals surface area contributed by atoms with Crippen molar-refractivity contribution in [2.75, 3.05) is 7.11 Å². The first kappa shape index (κ1) is 19.6. The van der Waals surface area contributed by atoms with Gasteiger partial charge >= 0.3 is 11.9 Å². The van der Waals surface area contributed by atoms with Gasteiger partial charge in [0.1, 0.15) is 5.75 Å². The molecule has 0 atom stereocenters. The number of methoxy groups -OCH3 is 1. The molecule has 2 rings (SSSR count). The predicted octanol–water partition coefficient (Wildman–Crippen LogP) is 3.31. The molecule has 0 unspecified atom stereocenters. The lowest BCUT2D eigenvalue weighted by molar-refractivity contribution is -0.135. The van der Waals surface area contributed by atoms with Crippen LogP contribution in [0.25, 0.3) is 12.2 Å². The number of carboxylic acid groups (broad SMARTS) is 2. The third-order valence-corrected chi connectivity index (χ3v) is 3.56. The number of phenols is 1. The summed E-state index contributed by atoms with van der Waals surface area (Å²) in [5.74, 6) is -2.19. The molecule has 0 fully saturated rings. The highest BCUT2D eigenvalue weighted by atomic mass is 16.5. The summed E-state index contributed by atoms with van der Waals surface area (Å²) in [4.78, 5) is 22.1. The van der Waals surface area contributed by atoms with Crippen molar-refractivity contribution in [1.29, 1.82) is 0 Å². The maximum absolute atomic E-state index is 11.5. The molecule has 0 aliphatic carbocycles. The first-order valence-corrected chi connectivity index (χ1v) is 7.81. The lowest BCUT2D eigenvalue weighted by atomic mass is 10.1. The first-order valence-electron chi connectivity index (χ1n) is 7.81. The van der Waals surface area contributed by atoms with Crippen molar-refractivity contribution in [2.45, 2.75) is 6.92 Å². The third-order valence-electron chi connectivity index (χ3n) is 3.56. The lowest BCUT2D eigenvalue weighted by Gasteiger charge is -2.11. The smallest absolute Gasteiger partial charge is 0.371 e. The minimum Gasteiger partial charge on any atom is -0.508 e. The number of benzene rings is 2. The zero-order valence-corrected chi connectivity index (χ0v) is 14.7. The highest BCUT2D eigenvalue weighted by Crippen LogP contribution is 2.31. The van der Waals surface area contributed by atoms with Gasteiger partial charge in [-0.2, -0.15) is 0 Å². The van der Waals surface area contributed by atoms with Crippen molar-refractivity contribution in [3.8, 4) is 17.2 Å². The second-order valence-corrected chi connectivity index (χ2v) is 5.54. The molecule has 0 heterocycles. The van der Waals surface area contributed by atoms with Crippen LogP contribution in [0.4, 0.5) is 0 Å². The van der Waals surface area contributed by atoms with Crippen molar-refractivity contribution >= 4 is 24.1 Å². The van der Waals surface area contributed by atoms with Crippen molar-refractivity contribution in [2.24, 2.45) is 0 Å². The molecule has 7 heteroatoms. The molecule has 27 heavy (non-hydrogen) atoms. The van der Waals surface area contributed by atoms with E-state index in [9.17, 15) is 19.8 Å². The normalized spacial score (nSPS) is 11.4. The molecule has 0 bridgehead atoms. The van der Waals surface area contributed by atoms with Gasteiger partial charge in [-0.15, -0.1) is 0 Å². The van der Waals surface area contributed by atoms with E-state index >= 15 is 0 Å². The average molecular weight is 370 g/mol. The summed E-state index contributed by atoms with van der Waals surface area (Å²) in [5, 5.41) is 27.7. The van der Waals surface area contributed by atoms with Crippen LogP contribution in [0, 0.1) is 6.92 Å². The number of ether oxygens (including phenoxy) is 2. The molecule has 0 spiro atoms. The molecule has 0 saturated carbocycles. The van der Waals surface area contributed by atoms with Crippen LogP contribution in [0.15, 0.2) is 48.2 Å². The van der Waals surface area contributed by atoms with E-state index in [-0.39, 0.29) is 23.0 Å². The number of aromatic hydroxyl groups is 1. The maximum Gasteiger partial charge on any atom is 0.371 e. The van der Waals surface area contributed by atoms with Crippen molar-refractivity contribution < 1.29 is 34.4 Å². The van der Waals surface area contributed by atoms with Gasteiger partial charge in [0.15, 0.2) is 11.5 Å². The fourth-order valence-corrected chi connectivity index (χ4v) is 2.21. The van der Waals surface area contributed by atoms with Gasteiger partial charge in [0.05, 0.1) is 7.11 Å². The number of rotatable bonds is 7. The number of carbonyl (C=O) groups is 2. The van der Waals surface area contributed by atoms with Gasteiger partial charge in [-0.05, 0) is 60.0 Å². The number of aryl methyl sites for hydroxylation is 1. The highest BCUT2D eigenvalue weighted by molar-refractivity contribution is 5.90. The van der Waals surface area contributed by atoms with Gasteiger partial charge in [0, 0.05) is 6.08 Å². The molecular formula is C20H18O7. The Bertz CT molecular complexity index is 926. The molecule has 0 aliphatic rings. The van der Waals surface area contributed by atoms with E-state index in [4.69, 9.17) is 14.6 Å². The number of hydrogen-bond acceptors (Lipinski definition) is 5. The van der Waals surface area contributed by atoms with Crippen LogP contribution in [0.5, 0.6) is 17.2 Å². The summed E-state index contributed by atoms with van der Waals surface area (Å²) < 4.78 is 10.7. The van der Waals surface area contributed by atoms with E-state index in [1.807, 2.05) is 0 Å². The molecule has 0 saturated heterocycles. The fourth-order valence-electron chi connectivity index (χ4n) is 2.21. The van der Waals surface area contributed by atoms with E-state index in [0.717, 1.165) is 6.08 Å². The Morgan fingerprint density at radius 3 is 2.30 bits per heavy atom. The Balaban J connectivity index is 2.35. The van der Waals surface area contributed by atoms with Crippen molar-refractivity contribution in [3.63, 3.8) is 0 Å². The zero-order chi connectivity index (χ0) is 20.0. The van der Waals surface area contributed by atoms with Gasteiger partial charge in [0.25, 0.3) is 0 Å². The van der Waals surface area contributed by atoms with Crippen LogP contribution < -0.4 is 9.47 Å². The molecule has 0 amide bonds. The van der Waals surface area contributed by atoms with Gasteiger partial charge in [-0.3, -0.25) is 0 Å². The van der Waals surface area contributed by atoms with Gasteiger partial charge in [-0.1, -0.05) is 12.1 Å². The lowest BCUT2D eigenvalue weighted by Crippen LogP contribution is -2.08. The molecule has 140 valence electrons. The van der Waals surface area contributed by atoms with Crippen molar-refractivity contribution in [3.05, 3.63) is 64.9 Å². The Morgan fingerprint density at radius 2 is 1.70 bits per heavy atom. The minimum absolute atomic E-state index is 0.108. The maximum atomic E-state index is 11.5. The van der Waals surface area contributed by atoms with Crippen LogP contribution in [-0.4, -0.2) is 34.4 Å². The predicted molar refractivity (Wildman–Crippen MR) is 98.7 cm³/mol. The quantitative estimate of drug-likeness (QED) is 0.506. The number of phenolic OH excluding ortho intramolecular Hbond substituents is 1. The van der Waals surface area contributed by atoms with Crippen molar-refractivity contribution in [1.82, 2.24) is 0 Å². The van der Waals surface area contributed by atoms with Crippen LogP contribution in [0.3, 0.4) is 0 Å². The Morgan fingerprint density at radius 1 is 1.00 bits per heavy atom. The molecule has 2 aromatic rings. The SMILES string of the molecule is COc1cc(/C=C/C(=O)O)ccc1O/C(=C\c1ccc(O)c(C)c1)C(=O)O. The summed E-state index contributed by atoms with van der Waals surface area (Å²) in [6.45, 7) is 1.69. The zero-order valence-electron chi connectivity index (χ0n) is 14.7. The molecule has 7 nitrogen and oxygen atoms in total. The minimum atomic E-state index is -1.28. The largest absolute Gasteiger partial charge is 0.508 e. The summed E-state index contributed by atoms with van der Waals surface area (Å²) in [5.41, 5.74) is 1.69. The van der Waals surface area contributed by atoms with Crippen LogP contribution >= 0.6 is 0 Å². The molecule has 2 aromatic carbocycles. The Hall–Kier alpha value is -3.74. The standard InChI is InChI=1S/C20H18O7/c1-12-9-14(3-6-15(12)21)11-18(20(24)25)27-16-7-4-13(5-8-19(22)23)10-17(16)26-2/h3-11,21H,1-2H3,(H,22,23)(H,24,25)/b8-5+,18-11-. The summed E-state index contributed by atoms with van der Waals surface area (Å²) in [7, 11) is 1.39. The van der Waals surface area contributed by atoms with Gasteiger partial charge in [0.2, 0.25) is 5.76 Å². The second kappa shape index (κ2) is 8.57. The Kier molecular flexibility index (Phi) is 6.22. The topological polar surface area (TPSA) is 113 Å². The molecule has 0 radical (unpaired) electrons. The molecule has 0 aliphatic heterocycles. The Labute approximate surface area is 155 Å². The summed E-state index contributed by atoms with van der Waals surface area (Å²) >= 11 is 0. The van der Waals surface area contributed by atoms with E-state index in [1.165, 1.54) is 37.5 Å². The molecule has 0 aromatic heterocycles. The fraction of sp³-hybridized carbons (Fsp3) is 0.100. The average Bonchev–Trinajstić information content (AvgIpc) is 2.62. The summed E-state index contributed by atoms with van der Waals surface area (Å²) in [6.07, 6.45) is 3.68. The second-order valence-electron chi connectivity index (χ2n) is 5.54. The first-order chi connectivity index (χ1) is 12.8. The number of hydrogen-bond donors (Lipinski definition) is 3. The number of carboxylic acids is 2. The van der Waals surface area contributed by atoms with E-state index in [2.05, 4.69) is 0 Å². The van der Waals surface area contributed by atoms with Crippen LogP contribution in [-0.2, 0) is 9.59 Å². The third kappa shape index (κ3) is 5.37. The molecule has 3 N–H and O–H groups in total. The number of aliphatic carboxylic acids is 2. The van der Waals surface area contributed by atoms with E-state index in [0.29, 0.717) is 16.7 Å². The highest BCUT2D eigenvalue weighted by Gasteiger charge is 2.14. The van der Waals surface area contributed by atoms with E-state index < -0.39 is 11.9 Å².